The molecule has 92 valence electrons. The first-order chi connectivity index (χ1) is 8.24. The van der Waals surface area contributed by atoms with Crippen LogP contribution in [0.3, 0.4) is 0 Å². The highest BCUT2D eigenvalue weighted by Gasteiger charge is 2.17. The Balaban J connectivity index is 2.20. The zero-order chi connectivity index (χ0) is 12.3. The lowest BCUT2D eigenvalue weighted by molar-refractivity contribution is 0.401. The molecule has 6 heteroatoms. The predicted molar refractivity (Wildman–Crippen MR) is 66.9 cm³/mol. The summed E-state index contributed by atoms with van der Waals surface area (Å²) in [5.41, 5.74) is 0.762. The molecule has 0 spiro atoms. The summed E-state index contributed by atoms with van der Waals surface area (Å²) in [6.07, 6.45) is 0.922. The summed E-state index contributed by atoms with van der Waals surface area (Å²) in [4.78, 5) is 4.33. The lowest BCUT2D eigenvalue weighted by Crippen LogP contribution is -2.20. The van der Waals surface area contributed by atoms with Crippen molar-refractivity contribution in [3.05, 3.63) is 16.3 Å². The van der Waals surface area contributed by atoms with Gasteiger partial charge in [-0.1, -0.05) is 13.8 Å². The van der Waals surface area contributed by atoms with E-state index in [0.29, 0.717) is 11.8 Å². The van der Waals surface area contributed by atoms with E-state index in [9.17, 15) is 0 Å². The number of hydrogen-bond acceptors (Lipinski definition) is 6. The molecule has 2 rings (SSSR count). The van der Waals surface area contributed by atoms with Gasteiger partial charge >= 0.3 is 0 Å². The monoisotopic (exact) mass is 252 g/mol. The van der Waals surface area contributed by atoms with E-state index >= 15 is 0 Å². The molecular weight excluding hydrogens is 236 g/mol. The fraction of sp³-hybridized carbons (Fsp3) is 0.545. The Hall–Kier alpha value is -1.27. The second-order valence-electron chi connectivity index (χ2n) is 3.72. The number of nitrogens with one attached hydrogen (secondary N) is 1. The number of aryl methyl sites for hydroxylation is 1. The summed E-state index contributed by atoms with van der Waals surface area (Å²) >= 11 is 1.58. The number of hydrogen-bond donors (Lipinski definition) is 1. The van der Waals surface area contributed by atoms with Gasteiger partial charge in [0.15, 0.2) is 0 Å². The summed E-state index contributed by atoms with van der Waals surface area (Å²) in [5, 5.41) is 14.3. The van der Waals surface area contributed by atoms with Gasteiger partial charge in [-0.05, 0) is 19.9 Å². The van der Waals surface area contributed by atoms with E-state index in [-0.39, 0.29) is 6.04 Å². The lowest BCUT2D eigenvalue weighted by atomic mass is 10.2. The van der Waals surface area contributed by atoms with Crippen LogP contribution in [0.5, 0.6) is 0 Å². The molecule has 17 heavy (non-hydrogen) atoms. The van der Waals surface area contributed by atoms with Gasteiger partial charge in [0, 0.05) is 5.38 Å². The van der Waals surface area contributed by atoms with E-state index in [4.69, 9.17) is 4.42 Å². The van der Waals surface area contributed by atoms with Crippen molar-refractivity contribution in [1.29, 1.82) is 0 Å². The minimum Gasteiger partial charge on any atom is -0.418 e. The molecule has 0 fully saturated rings. The van der Waals surface area contributed by atoms with E-state index < -0.39 is 0 Å². The summed E-state index contributed by atoms with van der Waals surface area (Å²) in [7, 11) is 0. The number of nitrogens with zero attached hydrogens (tertiary/aromatic N) is 3. The van der Waals surface area contributed by atoms with Crippen molar-refractivity contribution in [3.8, 4) is 11.6 Å². The SMILES string of the molecule is CCNC(CC)c1nnc(-c2csc(C)n2)o1. The highest BCUT2D eigenvalue weighted by atomic mass is 32.1. The Kier molecular flexibility index (Phi) is 3.86. The van der Waals surface area contributed by atoms with Crippen LogP contribution >= 0.6 is 11.3 Å². The third-order valence-electron chi connectivity index (χ3n) is 2.44. The number of aromatic nitrogens is 3. The van der Waals surface area contributed by atoms with Crippen LogP contribution in [0.4, 0.5) is 0 Å². The van der Waals surface area contributed by atoms with Crippen LogP contribution in [-0.4, -0.2) is 21.7 Å². The second kappa shape index (κ2) is 5.37. The van der Waals surface area contributed by atoms with Crippen molar-refractivity contribution >= 4 is 11.3 Å². The molecule has 0 aliphatic carbocycles. The van der Waals surface area contributed by atoms with Gasteiger partial charge in [0.05, 0.1) is 11.0 Å². The molecular formula is C11H16N4OS. The van der Waals surface area contributed by atoms with E-state index in [0.717, 1.165) is 23.7 Å². The maximum absolute atomic E-state index is 5.65. The zero-order valence-corrected chi connectivity index (χ0v) is 11.0. The largest absolute Gasteiger partial charge is 0.418 e. The standard InChI is InChI=1S/C11H16N4OS/c1-4-8(12-5-2)10-14-15-11(16-10)9-6-17-7(3)13-9/h6,8,12H,4-5H2,1-3H3. The van der Waals surface area contributed by atoms with Crippen LogP contribution in [-0.2, 0) is 0 Å². The van der Waals surface area contributed by atoms with Crippen molar-refractivity contribution in [2.45, 2.75) is 33.2 Å². The molecule has 0 radical (unpaired) electrons. The third-order valence-corrected chi connectivity index (χ3v) is 3.21. The molecule has 5 nitrogen and oxygen atoms in total. The molecule has 0 amide bonds. The number of thiazole rings is 1. The van der Waals surface area contributed by atoms with Crippen LogP contribution in [0.15, 0.2) is 9.80 Å². The lowest BCUT2D eigenvalue weighted by Gasteiger charge is -2.09. The Bertz CT molecular complexity index is 479. The summed E-state index contributed by atoms with van der Waals surface area (Å²) in [5.74, 6) is 1.13. The molecule has 0 bridgehead atoms. The molecule has 0 aliphatic rings. The van der Waals surface area contributed by atoms with E-state index in [2.05, 4.69) is 34.3 Å². The van der Waals surface area contributed by atoms with Crippen LogP contribution in [0.2, 0.25) is 0 Å². The first-order valence-electron chi connectivity index (χ1n) is 5.73. The zero-order valence-electron chi connectivity index (χ0n) is 10.2. The fourth-order valence-corrected chi connectivity index (χ4v) is 2.18. The van der Waals surface area contributed by atoms with E-state index in [1.165, 1.54) is 0 Å². The van der Waals surface area contributed by atoms with Crippen molar-refractivity contribution < 1.29 is 4.42 Å². The van der Waals surface area contributed by atoms with Gasteiger partial charge in [-0.15, -0.1) is 21.5 Å². The van der Waals surface area contributed by atoms with Gasteiger partial charge in [0.1, 0.15) is 5.69 Å². The predicted octanol–water partition coefficient (Wildman–Crippen LogP) is 2.56. The first-order valence-corrected chi connectivity index (χ1v) is 6.61. The molecule has 2 aromatic heterocycles. The van der Waals surface area contributed by atoms with Gasteiger partial charge in [-0.25, -0.2) is 4.98 Å². The molecule has 1 unspecified atom stereocenters. The fourth-order valence-electron chi connectivity index (χ4n) is 1.59. The molecule has 0 aromatic carbocycles. The average molecular weight is 252 g/mol. The average Bonchev–Trinajstić information content (AvgIpc) is 2.94. The maximum atomic E-state index is 5.65. The highest BCUT2D eigenvalue weighted by molar-refractivity contribution is 7.09. The van der Waals surface area contributed by atoms with Gasteiger partial charge in [0.2, 0.25) is 5.89 Å². The van der Waals surface area contributed by atoms with Crippen LogP contribution in [0.1, 0.15) is 37.2 Å². The summed E-state index contributed by atoms with van der Waals surface area (Å²) in [6, 6.07) is 0.126. The molecule has 2 heterocycles. The van der Waals surface area contributed by atoms with Gasteiger partial charge < -0.3 is 9.73 Å². The first kappa shape index (κ1) is 12.2. The highest BCUT2D eigenvalue weighted by Crippen LogP contribution is 2.23. The van der Waals surface area contributed by atoms with Crippen LogP contribution in [0.25, 0.3) is 11.6 Å². The van der Waals surface area contributed by atoms with Crippen molar-refractivity contribution in [1.82, 2.24) is 20.5 Å². The minimum atomic E-state index is 0.126. The molecule has 1 N–H and O–H groups in total. The van der Waals surface area contributed by atoms with Crippen LogP contribution < -0.4 is 5.32 Å². The second-order valence-corrected chi connectivity index (χ2v) is 4.78. The number of rotatable bonds is 5. The molecule has 0 saturated carbocycles. The Morgan fingerprint density at radius 2 is 2.24 bits per heavy atom. The van der Waals surface area contributed by atoms with Crippen LogP contribution in [0, 0.1) is 6.92 Å². The molecule has 0 saturated heterocycles. The Morgan fingerprint density at radius 3 is 2.82 bits per heavy atom. The molecule has 0 aliphatic heterocycles. The Morgan fingerprint density at radius 1 is 1.41 bits per heavy atom. The van der Waals surface area contributed by atoms with Gasteiger partial charge in [-0.2, -0.15) is 0 Å². The molecule has 2 aromatic rings. The van der Waals surface area contributed by atoms with Gasteiger partial charge in [0.25, 0.3) is 5.89 Å². The molecule has 1 atom stereocenters. The van der Waals surface area contributed by atoms with Gasteiger partial charge in [-0.3, -0.25) is 0 Å². The smallest absolute Gasteiger partial charge is 0.267 e. The quantitative estimate of drug-likeness (QED) is 0.886. The van der Waals surface area contributed by atoms with Crippen molar-refractivity contribution in [3.63, 3.8) is 0 Å². The normalized spacial score (nSPS) is 12.9. The minimum absolute atomic E-state index is 0.126. The van der Waals surface area contributed by atoms with Crippen molar-refractivity contribution in [2.75, 3.05) is 6.54 Å². The summed E-state index contributed by atoms with van der Waals surface area (Å²) in [6.45, 7) is 6.99. The topological polar surface area (TPSA) is 63.8 Å². The van der Waals surface area contributed by atoms with E-state index in [1.807, 2.05) is 12.3 Å². The third kappa shape index (κ3) is 2.70. The summed E-state index contributed by atoms with van der Waals surface area (Å²) < 4.78 is 5.65. The van der Waals surface area contributed by atoms with E-state index in [1.54, 1.807) is 11.3 Å². The Labute approximate surface area is 104 Å². The van der Waals surface area contributed by atoms with Crippen molar-refractivity contribution in [2.24, 2.45) is 0 Å². The maximum Gasteiger partial charge on any atom is 0.267 e.